The fourth-order valence-corrected chi connectivity index (χ4v) is 2.38. The van der Waals surface area contributed by atoms with Crippen LogP contribution >= 0.6 is 27.7 Å². The standard InChI is InChI=1S/C11H18BrN3O2S/c1-18-7-3-2-4-13-9-8-14-15(5-6-16)11(17)10(9)12/h8,13,16H,2-7H2,1H3. The highest BCUT2D eigenvalue weighted by Crippen LogP contribution is 2.16. The number of aromatic nitrogens is 2. The average molecular weight is 336 g/mol. The number of hydrogen-bond donors (Lipinski definition) is 2. The molecule has 0 unspecified atom stereocenters. The molecule has 7 heteroatoms. The molecule has 1 aromatic rings. The monoisotopic (exact) mass is 335 g/mol. The zero-order valence-corrected chi connectivity index (χ0v) is 12.8. The van der Waals surface area contributed by atoms with Gasteiger partial charge in [-0.1, -0.05) is 0 Å². The van der Waals surface area contributed by atoms with Crippen molar-refractivity contribution in [2.45, 2.75) is 19.4 Å². The van der Waals surface area contributed by atoms with Gasteiger partial charge in [0.05, 0.1) is 25.0 Å². The molecule has 2 N–H and O–H groups in total. The van der Waals surface area contributed by atoms with Crippen LogP contribution in [-0.4, -0.2) is 40.0 Å². The average Bonchev–Trinajstić information content (AvgIpc) is 2.37. The van der Waals surface area contributed by atoms with Gasteiger partial charge >= 0.3 is 0 Å². The first-order valence-electron chi connectivity index (χ1n) is 5.80. The minimum atomic E-state index is -0.224. The second-order valence-electron chi connectivity index (χ2n) is 3.75. The molecule has 1 heterocycles. The van der Waals surface area contributed by atoms with E-state index < -0.39 is 0 Å². The Bertz CT molecular complexity index is 425. The molecule has 0 saturated carbocycles. The summed E-state index contributed by atoms with van der Waals surface area (Å²) in [5.41, 5.74) is 0.483. The molecule has 0 aliphatic rings. The smallest absolute Gasteiger partial charge is 0.283 e. The van der Waals surface area contributed by atoms with E-state index in [-0.39, 0.29) is 18.7 Å². The zero-order chi connectivity index (χ0) is 13.4. The van der Waals surface area contributed by atoms with E-state index >= 15 is 0 Å². The van der Waals surface area contributed by atoms with E-state index in [0.29, 0.717) is 10.2 Å². The molecule has 0 aliphatic heterocycles. The topological polar surface area (TPSA) is 67.2 Å². The molecule has 5 nitrogen and oxygen atoms in total. The maximum absolute atomic E-state index is 11.8. The SMILES string of the molecule is CSCCCCNc1cnn(CCO)c(=O)c1Br. The summed E-state index contributed by atoms with van der Waals surface area (Å²) in [6, 6.07) is 0. The number of halogens is 1. The van der Waals surface area contributed by atoms with Crippen molar-refractivity contribution in [2.24, 2.45) is 0 Å². The number of aliphatic hydroxyl groups excluding tert-OH is 1. The van der Waals surface area contributed by atoms with Gasteiger partial charge in [0.25, 0.3) is 5.56 Å². The van der Waals surface area contributed by atoms with E-state index in [9.17, 15) is 4.79 Å². The molecule has 102 valence electrons. The number of nitrogens with one attached hydrogen (secondary N) is 1. The Morgan fingerprint density at radius 2 is 2.33 bits per heavy atom. The fourth-order valence-electron chi connectivity index (χ4n) is 1.44. The summed E-state index contributed by atoms with van der Waals surface area (Å²) in [6.07, 6.45) is 5.91. The van der Waals surface area contributed by atoms with Crippen molar-refractivity contribution >= 4 is 33.4 Å². The number of rotatable bonds is 8. The largest absolute Gasteiger partial charge is 0.394 e. The van der Waals surface area contributed by atoms with E-state index in [2.05, 4.69) is 32.6 Å². The van der Waals surface area contributed by atoms with Crippen molar-refractivity contribution < 1.29 is 5.11 Å². The predicted molar refractivity (Wildman–Crippen MR) is 79.4 cm³/mol. The molecule has 0 spiro atoms. The van der Waals surface area contributed by atoms with Gasteiger partial charge < -0.3 is 10.4 Å². The second kappa shape index (κ2) is 8.55. The van der Waals surface area contributed by atoms with Crippen LogP contribution in [0.4, 0.5) is 5.69 Å². The molecular weight excluding hydrogens is 318 g/mol. The van der Waals surface area contributed by atoms with Gasteiger partial charge in [-0.25, -0.2) is 4.68 Å². The van der Waals surface area contributed by atoms with Gasteiger partial charge in [0.15, 0.2) is 0 Å². The zero-order valence-electron chi connectivity index (χ0n) is 10.4. The highest BCUT2D eigenvalue weighted by molar-refractivity contribution is 9.10. The number of unbranched alkanes of at least 4 members (excludes halogenated alkanes) is 1. The van der Waals surface area contributed by atoms with Crippen LogP contribution in [0, 0.1) is 0 Å². The minimum absolute atomic E-state index is 0.0964. The maximum atomic E-state index is 11.8. The number of anilines is 1. The van der Waals surface area contributed by atoms with Crippen LogP contribution in [0.5, 0.6) is 0 Å². The molecule has 0 amide bonds. The summed E-state index contributed by atoms with van der Waals surface area (Å²) in [5, 5.41) is 16.0. The molecule has 0 bridgehead atoms. The molecule has 1 rings (SSSR count). The molecule has 0 aliphatic carbocycles. The van der Waals surface area contributed by atoms with Gasteiger partial charge in [0.1, 0.15) is 4.47 Å². The Morgan fingerprint density at radius 3 is 3.00 bits per heavy atom. The first-order chi connectivity index (χ1) is 8.70. The normalized spacial score (nSPS) is 10.6. The molecule has 0 radical (unpaired) electrons. The van der Waals surface area contributed by atoms with Gasteiger partial charge in [-0.05, 0) is 40.8 Å². The minimum Gasteiger partial charge on any atom is -0.394 e. The molecule has 1 aromatic heterocycles. The number of nitrogens with zero attached hydrogens (tertiary/aromatic N) is 2. The van der Waals surface area contributed by atoms with Gasteiger partial charge in [0.2, 0.25) is 0 Å². The number of aliphatic hydroxyl groups is 1. The lowest BCUT2D eigenvalue weighted by atomic mass is 10.3. The highest BCUT2D eigenvalue weighted by atomic mass is 79.9. The third-order valence-electron chi connectivity index (χ3n) is 2.39. The molecule has 0 fully saturated rings. The van der Waals surface area contributed by atoms with Crippen molar-refractivity contribution in [1.29, 1.82) is 0 Å². The summed E-state index contributed by atoms with van der Waals surface area (Å²) in [5.74, 6) is 1.15. The highest BCUT2D eigenvalue weighted by Gasteiger charge is 2.07. The number of thioether (sulfide) groups is 1. The van der Waals surface area contributed by atoms with E-state index in [1.54, 1.807) is 6.20 Å². The Morgan fingerprint density at radius 1 is 1.56 bits per heavy atom. The molecule has 0 aromatic carbocycles. The summed E-state index contributed by atoms with van der Waals surface area (Å²) in [7, 11) is 0. The van der Waals surface area contributed by atoms with E-state index in [0.717, 1.165) is 25.1 Å². The van der Waals surface area contributed by atoms with Crippen molar-refractivity contribution in [3.05, 3.63) is 21.0 Å². The second-order valence-corrected chi connectivity index (χ2v) is 5.53. The van der Waals surface area contributed by atoms with E-state index in [1.807, 2.05) is 11.8 Å². The van der Waals surface area contributed by atoms with Gasteiger partial charge in [-0.2, -0.15) is 16.9 Å². The molecule has 18 heavy (non-hydrogen) atoms. The quantitative estimate of drug-likeness (QED) is 0.705. The predicted octanol–water partition coefficient (Wildman–Crippen LogP) is 1.55. The summed E-state index contributed by atoms with van der Waals surface area (Å²) < 4.78 is 1.71. The maximum Gasteiger partial charge on any atom is 0.283 e. The summed E-state index contributed by atoms with van der Waals surface area (Å²) in [4.78, 5) is 11.8. The summed E-state index contributed by atoms with van der Waals surface area (Å²) >= 11 is 5.10. The van der Waals surface area contributed by atoms with Gasteiger partial charge in [-0.15, -0.1) is 0 Å². The van der Waals surface area contributed by atoms with Crippen LogP contribution in [0.25, 0.3) is 0 Å². The van der Waals surface area contributed by atoms with Crippen LogP contribution in [-0.2, 0) is 6.54 Å². The van der Waals surface area contributed by atoms with Crippen molar-refractivity contribution in [3.8, 4) is 0 Å². The van der Waals surface area contributed by atoms with Crippen LogP contribution in [0.2, 0.25) is 0 Å². The number of hydrogen-bond acceptors (Lipinski definition) is 5. The van der Waals surface area contributed by atoms with Crippen LogP contribution in [0.3, 0.4) is 0 Å². The molecular formula is C11H18BrN3O2S. The third-order valence-corrected chi connectivity index (χ3v) is 3.85. The third kappa shape index (κ3) is 4.62. The summed E-state index contributed by atoms with van der Waals surface area (Å²) in [6.45, 7) is 0.941. The van der Waals surface area contributed by atoms with Crippen LogP contribution < -0.4 is 10.9 Å². The lowest BCUT2D eigenvalue weighted by molar-refractivity contribution is 0.266. The molecule has 0 atom stereocenters. The van der Waals surface area contributed by atoms with Gasteiger partial charge in [0, 0.05) is 6.54 Å². The van der Waals surface area contributed by atoms with Crippen LogP contribution in [0.15, 0.2) is 15.5 Å². The Balaban J connectivity index is 2.57. The van der Waals surface area contributed by atoms with E-state index in [4.69, 9.17) is 5.11 Å². The first-order valence-corrected chi connectivity index (χ1v) is 7.98. The van der Waals surface area contributed by atoms with E-state index in [1.165, 1.54) is 4.68 Å². The fraction of sp³-hybridized carbons (Fsp3) is 0.636. The molecule has 0 saturated heterocycles. The van der Waals surface area contributed by atoms with Crippen molar-refractivity contribution in [3.63, 3.8) is 0 Å². The van der Waals surface area contributed by atoms with Crippen molar-refractivity contribution in [2.75, 3.05) is 30.5 Å². The van der Waals surface area contributed by atoms with Gasteiger partial charge in [-0.3, -0.25) is 4.79 Å². The lowest BCUT2D eigenvalue weighted by Gasteiger charge is -2.09. The first kappa shape index (κ1) is 15.5. The Kier molecular flexibility index (Phi) is 7.38. The Hall–Kier alpha value is -0.530. The lowest BCUT2D eigenvalue weighted by Crippen LogP contribution is -2.26. The van der Waals surface area contributed by atoms with Crippen molar-refractivity contribution in [1.82, 2.24) is 9.78 Å². The van der Waals surface area contributed by atoms with Crippen LogP contribution in [0.1, 0.15) is 12.8 Å². The Labute approximate surface area is 119 Å².